The van der Waals surface area contributed by atoms with Gasteiger partial charge in [-0.05, 0) is 49.5 Å². The van der Waals surface area contributed by atoms with Crippen LogP contribution in [0.4, 0.5) is 5.95 Å². The molecule has 18 heteroatoms. The first-order valence-corrected chi connectivity index (χ1v) is 19.7. The molecule has 56 heavy (non-hydrogen) atoms. The molecule has 0 aromatic carbocycles. The van der Waals surface area contributed by atoms with Crippen LogP contribution in [0.25, 0.3) is 0 Å². The Kier molecular flexibility index (Phi) is 14.3. The van der Waals surface area contributed by atoms with Gasteiger partial charge in [-0.15, -0.1) is 4.98 Å². The number of carbonyl (C=O) groups excluding carboxylic acids is 5. The molecular formula is C38H54ClN9O8. The van der Waals surface area contributed by atoms with Crippen molar-refractivity contribution in [2.75, 3.05) is 26.1 Å². The Hall–Kier alpha value is -4.80. The van der Waals surface area contributed by atoms with Crippen molar-refractivity contribution in [2.45, 2.75) is 128 Å². The summed E-state index contributed by atoms with van der Waals surface area (Å²) in [7, 11) is 2.81. The molecule has 17 nitrogen and oxygen atoms in total. The normalized spacial score (nSPS) is 20.2. The summed E-state index contributed by atoms with van der Waals surface area (Å²) in [5, 5.41) is 12.1. The number of hydrogen-bond donors (Lipinski definition) is 4. The number of amides is 4. The quantitative estimate of drug-likeness (QED) is 0.170. The number of carbonyl (C=O) groups is 5. The molecule has 2 saturated carbocycles. The van der Waals surface area contributed by atoms with Crippen LogP contribution in [-0.4, -0.2) is 111 Å². The first-order valence-electron chi connectivity index (χ1n) is 19.3. The van der Waals surface area contributed by atoms with Crippen LogP contribution >= 0.6 is 11.6 Å². The average molecular weight is 800 g/mol. The van der Waals surface area contributed by atoms with Crippen molar-refractivity contribution in [1.82, 2.24) is 40.8 Å². The van der Waals surface area contributed by atoms with Crippen LogP contribution < -0.4 is 35.5 Å². The van der Waals surface area contributed by atoms with Crippen LogP contribution in [0.2, 0.25) is 5.02 Å². The van der Waals surface area contributed by atoms with Crippen LogP contribution in [-0.2, 0) is 24.0 Å². The van der Waals surface area contributed by atoms with Crippen LogP contribution in [0, 0.1) is 11.3 Å². The second kappa shape index (κ2) is 18.9. The van der Waals surface area contributed by atoms with Gasteiger partial charge >= 0.3 is 12.0 Å². The van der Waals surface area contributed by atoms with Gasteiger partial charge in [-0.1, -0.05) is 65.0 Å². The van der Waals surface area contributed by atoms with Crippen LogP contribution in [0.3, 0.4) is 0 Å². The maximum absolute atomic E-state index is 14.8. The lowest BCUT2D eigenvalue weighted by Gasteiger charge is -2.37. The Labute approximate surface area is 332 Å². The van der Waals surface area contributed by atoms with Gasteiger partial charge < -0.3 is 40.4 Å². The summed E-state index contributed by atoms with van der Waals surface area (Å²) in [6, 6.07) is -0.961. The molecule has 3 fully saturated rings. The monoisotopic (exact) mass is 799 g/mol. The third-order valence-corrected chi connectivity index (χ3v) is 10.5. The Morgan fingerprint density at radius 3 is 2.20 bits per heavy atom. The highest BCUT2D eigenvalue weighted by molar-refractivity contribution is 6.38. The molecule has 5 atom stereocenters. The molecule has 2 aromatic heterocycles. The largest absolute Gasteiger partial charge is 0.472 e. The Morgan fingerprint density at radius 1 is 0.946 bits per heavy atom. The molecule has 5 rings (SSSR count). The van der Waals surface area contributed by atoms with Gasteiger partial charge in [-0.3, -0.25) is 24.0 Å². The van der Waals surface area contributed by atoms with E-state index in [9.17, 15) is 24.0 Å². The summed E-state index contributed by atoms with van der Waals surface area (Å²) in [5.41, 5.74) is -0.831. The van der Waals surface area contributed by atoms with Crippen molar-refractivity contribution in [2.24, 2.45) is 11.3 Å². The number of methoxy groups -OCH3 is 2. The molecule has 1 aliphatic heterocycles. The number of nitrogens with zero attached hydrogens (tertiary/aromatic N) is 5. The number of rotatable bonds is 17. The van der Waals surface area contributed by atoms with E-state index in [4.69, 9.17) is 25.8 Å². The smallest absolute Gasteiger partial charge is 0.324 e. The van der Waals surface area contributed by atoms with Gasteiger partial charge in [-0.25, -0.2) is 4.98 Å². The van der Waals surface area contributed by atoms with E-state index in [1.807, 2.05) is 27.7 Å². The average Bonchev–Trinajstić information content (AvgIpc) is 3.90. The molecule has 2 aromatic rings. The van der Waals surface area contributed by atoms with Gasteiger partial charge in [0.1, 0.15) is 24.2 Å². The van der Waals surface area contributed by atoms with Gasteiger partial charge in [0.2, 0.25) is 35.3 Å². The van der Waals surface area contributed by atoms with Crippen molar-refractivity contribution >= 4 is 47.0 Å². The Morgan fingerprint density at radius 2 is 1.62 bits per heavy atom. The van der Waals surface area contributed by atoms with E-state index >= 15 is 0 Å². The van der Waals surface area contributed by atoms with E-state index in [2.05, 4.69) is 41.2 Å². The number of ether oxygens (including phenoxy) is 3. The highest BCUT2D eigenvalue weighted by Gasteiger charge is 2.47. The number of Topliss-reactive ketones (excluding diaryl/α,β-unsaturated/α-hetero) is 1. The molecule has 4 amide bonds. The van der Waals surface area contributed by atoms with Crippen molar-refractivity contribution in [3.63, 3.8) is 0 Å². The predicted molar refractivity (Wildman–Crippen MR) is 205 cm³/mol. The van der Waals surface area contributed by atoms with E-state index in [1.54, 1.807) is 12.1 Å². The lowest BCUT2D eigenvalue weighted by atomic mass is 9.82. The number of ketones is 1. The number of anilines is 1. The summed E-state index contributed by atoms with van der Waals surface area (Å²) in [6.45, 7) is 7.30. The van der Waals surface area contributed by atoms with Gasteiger partial charge in [0.25, 0.3) is 5.91 Å². The Bertz CT molecular complexity index is 1690. The molecule has 2 unspecified atom stereocenters. The molecule has 306 valence electrons. The fraction of sp³-hybridized carbons (Fsp3) is 0.658. The molecule has 2 aliphatic carbocycles. The second-order valence-corrected chi connectivity index (χ2v) is 16.2. The topological polar surface area (TPSA) is 216 Å². The minimum atomic E-state index is -1.11. The van der Waals surface area contributed by atoms with Crippen molar-refractivity contribution < 1.29 is 38.2 Å². The summed E-state index contributed by atoms with van der Waals surface area (Å²) in [4.78, 5) is 87.6. The predicted octanol–water partition coefficient (Wildman–Crippen LogP) is 3.01. The number of aromatic nitrogens is 4. The van der Waals surface area contributed by atoms with Gasteiger partial charge in [0, 0.05) is 24.7 Å². The maximum atomic E-state index is 14.8. The van der Waals surface area contributed by atoms with Crippen molar-refractivity contribution in [1.29, 1.82) is 0 Å². The van der Waals surface area contributed by atoms with Crippen molar-refractivity contribution in [3.8, 4) is 17.9 Å². The zero-order valence-corrected chi connectivity index (χ0v) is 33.7. The fourth-order valence-electron chi connectivity index (χ4n) is 7.08. The summed E-state index contributed by atoms with van der Waals surface area (Å²) >= 11 is 6.03. The molecule has 0 spiro atoms. The molecular weight excluding hydrogens is 746 g/mol. The van der Waals surface area contributed by atoms with E-state index in [0.29, 0.717) is 11.4 Å². The highest BCUT2D eigenvalue weighted by atomic mass is 35.5. The number of pyridine rings is 1. The third-order valence-electron chi connectivity index (χ3n) is 10.2. The molecule has 4 N–H and O–H groups in total. The molecule has 0 bridgehead atoms. The zero-order valence-electron chi connectivity index (χ0n) is 32.9. The van der Waals surface area contributed by atoms with Crippen molar-refractivity contribution in [3.05, 3.63) is 23.4 Å². The number of hydrogen-bond acceptors (Lipinski definition) is 13. The Balaban J connectivity index is 1.41. The van der Waals surface area contributed by atoms with Crippen LogP contribution in [0.15, 0.2) is 18.3 Å². The van der Waals surface area contributed by atoms with E-state index in [1.165, 1.54) is 25.3 Å². The molecule has 3 heterocycles. The number of likely N-dealkylation sites (tertiary alicyclic amines) is 1. The van der Waals surface area contributed by atoms with Gasteiger partial charge in [0.05, 0.1) is 31.8 Å². The van der Waals surface area contributed by atoms with Crippen LogP contribution in [0.1, 0.15) is 91.9 Å². The first kappa shape index (κ1) is 42.3. The first-order chi connectivity index (χ1) is 26.7. The highest BCUT2D eigenvalue weighted by Crippen LogP contribution is 2.31. The number of halogens is 1. The minimum absolute atomic E-state index is 0.000224. The minimum Gasteiger partial charge on any atom is -0.472 e. The summed E-state index contributed by atoms with van der Waals surface area (Å²) in [6.07, 6.45) is 7.60. The van der Waals surface area contributed by atoms with E-state index in [0.717, 1.165) is 44.9 Å². The maximum Gasteiger partial charge on any atom is 0.324 e. The van der Waals surface area contributed by atoms with Gasteiger partial charge in [-0.2, -0.15) is 9.97 Å². The third kappa shape index (κ3) is 11.2. The number of nitrogens with one attached hydrogen (secondary N) is 4. The lowest BCUT2D eigenvalue weighted by molar-refractivity contribution is -0.145. The van der Waals surface area contributed by atoms with Gasteiger partial charge in [0.15, 0.2) is 0 Å². The fourth-order valence-corrected chi connectivity index (χ4v) is 7.19. The summed E-state index contributed by atoms with van der Waals surface area (Å²) < 4.78 is 16.6. The summed E-state index contributed by atoms with van der Waals surface area (Å²) in [5.74, 6) is -2.84. The zero-order chi connectivity index (χ0) is 40.6. The SMILES string of the molecule is CCCC(NC(=O)[C@H]1CC(Oc2ccc(Cl)cn2)CN1C(=O)[C@H](NC(=O)[C@@H](Nc1nc(OC)nc(OC)n1)C1CCCCC1)C(C)(C)C)C(=O)C(=O)NC1CC1. The molecule has 0 radical (unpaired) electrons. The van der Waals surface area contributed by atoms with E-state index < -0.39 is 65.1 Å². The molecule has 3 aliphatic rings. The van der Waals surface area contributed by atoms with Crippen LogP contribution in [0.5, 0.6) is 17.9 Å². The molecule has 1 saturated heterocycles. The van der Waals surface area contributed by atoms with E-state index in [-0.39, 0.29) is 55.2 Å². The second-order valence-electron chi connectivity index (χ2n) is 15.7. The lowest BCUT2D eigenvalue weighted by Crippen LogP contribution is -2.61. The standard InChI is InChI=1S/C38H54ClN9O8/c1-7-11-25(29(49)33(52)41-23-15-16-23)42-31(50)26-18-24(56-27-17-14-22(39)19-40-27)20-48(26)34(53)30(38(2,3)4)44-32(51)28(21-12-9-8-10-13-21)43-35-45-36(54-5)47-37(46-35)55-6/h14,17,19,21,23-26,28,30H,7-13,15-16,18,20H2,1-6H3,(H,41,52)(H,42,50)(H,44,51)(H,43,45,46,47)/t24?,25?,26-,28+,30+/m1/s1.